The molecule has 0 fully saturated rings. The molecule has 0 bridgehead atoms. The zero-order valence-electron chi connectivity index (χ0n) is 11.9. The Morgan fingerprint density at radius 1 is 1.33 bits per heavy atom. The number of pyridine rings is 1. The summed E-state index contributed by atoms with van der Waals surface area (Å²) in [5.74, 6) is -0.823. The number of amides is 1. The molecule has 110 valence electrons. The van der Waals surface area contributed by atoms with Gasteiger partial charge >= 0.3 is 5.97 Å². The monoisotopic (exact) mass is 287 g/mol. The van der Waals surface area contributed by atoms with Crippen molar-refractivity contribution in [2.75, 3.05) is 11.9 Å². The van der Waals surface area contributed by atoms with Gasteiger partial charge < -0.3 is 15.7 Å². The molecule has 0 aliphatic rings. The number of likely N-dealkylation sites (N-methyl/N-ethyl adjacent to an activating group) is 1. The summed E-state index contributed by atoms with van der Waals surface area (Å²) < 4.78 is 0. The van der Waals surface area contributed by atoms with E-state index in [0.717, 1.165) is 0 Å². The van der Waals surface area contributed by atoms with Crippen molar-refractivity contribution in [1.29, 1.82) is 0 Å². The molecular weight excluding hydrogens is 270 g/mol. The Hall–Kier alpha value is -2.63. The molecule has 3 N–H and O–H groups in total. The number of rotatable bonds is 5. The fraction of sp³-hybridized carbons (Fsp3) is 0.267. The van der Waals surface area contributed by atoms with E-state index in [-0.39, 0.29) is 11.5 Å². The van der Waals surface area contributed by atoms with Gasteiger partial charge in [-0.05, 0) is 26.0 Å². The lowest BCUT2D eigenvalue weighted by molar-refractivity contribution is -0.121. The van der Waals surface area contributed by atoms with E-state index in [2.05, 4.69) is 15.6 Å². The van der Waals surface area contributed by atoms with Gasteiger partial charge in [0, 0.05) is 11.9 Å². The normalized spacial score (nSPS) is 11.9. The summed E-state index contributed by atoms with van der Waals surface area (Å²) >= 11 is 0. The Balaban J connectivity index is 2.37. The standard InChI is InChI=1S/C15H17N3O3/c1-3-16-14(19)9(2)17-13-8-11(15(20)21)10-6-4-5-7-12(10)18-13/h4-9H,3H2,1-2H3,(H,16,19)(H,17,18)(H,20,21). The first-order chi connectivity index (χ1) is 10.0. The molecule has 0 saturated carbocycles. The highest BCUT2D eigenvalue weighted by atomic mass is 16.4. The van der Waals surface area contributed by atoms with E-state index < -0.39 is 12.0 Å². The maximum absolute atomic E-state index is 11.7. The van der Waals surface area contributed by atoms with Crippen LogP contribution in [0.4, 0.5) is 5.82 Å². The highest BCUT2D eigenvalue weighted by molar-refractivity contribution is 6.03. The van der Waals surface area contributed by atoms with Crippen molar-refractivity contribution in [3.05, 3.63) is 35.9 Å². The van der Waals surface area contributed by atoms with E-state index in [1.54, 1.807) is 31.2 Å². The van der Waals surface area contributed by atoms with E-state index in [9.17, 15) is 14.7 Å². The quantitative estimate of drug-likeness (QED) is 0.781. The SMILES string of the molecule is CCNC(=O)C(C)Nc1cc(C(=O)O)c2ccccc2n1. The molecular formula is C15H17N3O3. The molecule has 1 amide bonds. The minimum Gasteiger partial charge on any atom is -0.478 e. The molecule has 0 saturated heterocycles. The third-order valence-electron chi connectivity index (χ3n) is 3.06. The van der Waals surface area contributed by atoms with Crippen molar-refractivity contribution in [3.63, 3.8) is 0 Å². The van der Waals surface area contributed by atoms with Crippen molar-refractivity contribution in [3.8, 4) is 0 Å². The summed E-state index contributed by atoms with van der Waals surface area (Å²) in [5.41, 5.74) is 0.731. The van der Waals surface area contributed by atoms with E-state index in [0.29, 0.717) is 23.3 Å². The molecule has 1 atom stereocenters. The Kier molecular flexibility index (Phi) is 4.37. The Labute approximate surface area is 122 Å². The van der Waals surface area contributed by atoms with Gasteiger partial charge in [0.05, 0.1) is 11.1 Å². The van der Waals surface area contributed by atoms with E-state index in [4.69, 9.17) is 0 Å². The van der Waals surface area contributed by atoms with Crippen molar-refractivity contribution >= 4 is 28.6 Å². The molecule has 6 heteroatoms. The fourth-order valence-electron chi connectivity index (χ4n) is 2.04. The molecule has 21 heavy (non-hydrogen) atoms. The topological polar surface area (TPSA) is 91.3 Å². The minimum absolute atomic E-state index is 0.159. The summed E-state index contributed by atoms with van der Waals surface area (Å²) in [7, 11) is 0. The summed E-state index contributed by atoms with van der Waals surface area (Å²) in [4.78, 5) is 27.4. The van der Waals surface area contributed by atoms with Crippen LogP contribution in [0.5, 0.6) is 0 Å². The molecule has 1 aromatic heterocycles. The van der Waals surface area contributed by atoms with Crippen LogP contribution < -0.4 is 10.6 Å². The van der Waals surface area contributed by atoms with Crippen LogP contribution in [0.15, 0.2) is 30.3 Å². The van der Waals surface area contributed by atoms with Gasteiger partial charge in [-0.15, -0.1) is 0 Å². The number of nitrogens with one attached hydrogen (secondary N) is 2. The first-order valence-corrected chi connectivity index (χ1v) is 6.70. The lowest BCUT2D eigenvalue weighted by Gasteiger charge is -2.15. The number of aromatic carboxylic acids is 1. The van der Waals surface area contributed by atoms with Crippen LogP contribution in [-0.4, -0.2) is 34.6 Å². The number of fused-ring (bicyclic) bond motifs is 1. The van der Waals surface area contributed by atoms with Gasteiger partial charge in [0.2, 0.25) is 5.91 Å². The van der Waals surface area contributed by atoms with Crippen LogP contribution in [0.1, 0.15) is 24.2 Å². The van der Waals surface area contributed by atoms with Crippen molar-refractivity contribution in [2.24, 2.45) is 0 Å². The first kappa shape index (κ1) is 14.8. The van der Waals surface area contributed by atoms with Gasteiger partial charge in [0.25, 0.3) is 0 Å². The third-order valence-corrected chi connectivity index (χ3v) is 3.06. The Bertz CT molecular complexity index is 685. The summed E-state index contributed by atoms with van der Waals surface area (Å²) in [6.07, 6.45) is 0. The van der Waals surface area contributed by atoms with E-state index in [1.807, 2.05) is 6.92 Å². The lowest BCUT2D eigenvalue weighted by atomic mass is 10.1. The Morgan fingerprint density at radius 2 is 2.05 bits per heavy atom. The zero-order valence-corrected chi connectivity index (χ0v) is 11.9. The van der Waals surface area contributed by atoms with Gasteiger partial charge in [-0.3, -0.25) is 4.79 Å². The smallest absolute Gasteiger partial charge is 0.336 e. The zero-order chi connectivity index (χ0) is 15.4. The van der Waals surface area contributed by atoms with Crippen LogP contribution in [0.2, 0.25) is 0 Å². The number of anilines is 1. The molecule has 2 aromatic rings. The molecule has 1 heterocycles. The summed E-state index contributed by atoms with van der Waals surface area (Å²) in [6.45, 7) is 4.07. The molecule has 0 aliphatic heterocycles. The summed E-state index contributed by atoms with van der Waals surface area (Å²) in [6, 6.07) is 7.95. The van der Waals surface area contributed by atoms with Crippen LogP contribution in [0.25, 0.3) is 10.9 Å². The second-order valence-corrected chi connectivity index (χ2v) is 4.64. The number of carbonyl (C=O) groups excluding carboxylic acids is 1. The number of para-hydroxylation sites is 1. The van der Waals surface area contributed by atoms with Gasteiger partial charge in [0.1, 0.15) is 11.9 Å². The highest BCUT2D eigenvalue weighted by Gasteiger charge is 2.15. The van der Waals surface area contributed by atoms with Crippen LogP contribution in [-0.2, 0) is 4.79 Å². The van der Waals surface area contributed by atoms with Crippen molar-refractivity contribution < 1.29 is 14.7 Å². The molecule has 0 spiro atoms. The Morgan fingerprint density at radius 3 is 2.71 bits per heavy atom. The number of benzene rings is 1. The largest absolute Gasteiger partial charge is 0.478 e. The van der Waals surface area contributed by atoms with Crippen LogP contribution in [0.3, 0.4) is 0 Å². The number of carbonyl (C=O) groups is 2. The average molecular weight is 287 g/mol. The predicted octanol–water partition coefficient (Wildman–Crippen LogP) is 1.87. The number of hydrogen-bond acceptors (Lipinski definition) is 4. The van der Waals surface area contributed by atoms with Crippen molar-refractivity contribution in [1.82, 2.24) is 10.3 Å². The molecule has 0 aliphatic carbocycles. The molecule has 1 unspecified atom stereocenters. The molecule has 1 aromatic carbocycles. The predicted molar refractivity (Wildman–Crippen MR) is 80.5 cm³/mol. The van der Waals surface area contributed by atoms with E-state index >= 15 is 0 Å². The number of hydrogen-bond donors (Lipinski definition) is 3. The second-order valence-electron chi connectivity index (χ2n) is 4.64. The molecule has 6 nitrogen and oxygen atoms in total. The van der Waals surface area contributed by atoms with Gasteiger partial charge in [-0.1, -0.05) is 18.2 Å². The molecule has 2 rings (SSSR count). The maximum atomic E-state index is 11.7. The number of carboxylic acid groups (broad SMARTS) is 1. The molecule has 0 radical (unpaired) electrons. The van der Waals surface area contributed by atoms with Crippen LogP contribution >= 0.6 is 0 Å². The van der Waals surface area contributed by atoms with Crippen LogP contribution in [0, 0.1) is 0 Å². The third kappa shape index (κ3) is 3.28. The summed E-state index contributed by atoms with van der Waals surface area (Å²) in [5, 5.41) is 15.5. The van der Waals surface area contributed by atoms with Crippen molar-refractivity contribution in [2.45, 2.75) is 19.9 Å². The number of carboxylic acids is 1. The van der Waals surface area contributed by atoms with Gasteiger partial charge in [-0.2, -0.15) is 0 Å². The minimum atomic E-state index is -1.03. The highest BCUT2D eigenvalue weighted by Crippen LogP contribution is 2.21. The fourth-order valence-corrected chi connectivity index (χ4v) is 2.04. The maximum Gasteiger partial charge on any atom is 0.336 e. The second kappa shape index (κ2) is 6.21. The average Bonchev–Trinajstić information content (AvgIpc) is 2.46. The number of aromatic nitrogens is 1. The first-order valence-electron chi connectivity index (χ1n) is 6.70. The van der Waals surface area contributed by atoms with E-state index in [1.165, 1.54) is 6.07 Å². The van der Waals surface area contributed by atoms with Gasteiger partial charge in [-0.25, -0.2) is 9.78 Å². The number of nitrogens with zero attached hydrogens (tertiary/aromatic N) is 1. The lowest BCUT2D eigenvalue weighted by Crippen LogP contribution is -2.37. The van der Waals surface area contributed by atoms with Gasteiger partial charge in [0.15, 0.2) is 0 Å².